The number of nitrogens with zero attached hydrogens (tertiary/aromatic N) is 4. The second kappa shape index (κ2) is 5.43. The van der Waals surface area contributed by atoms with Gasteiger partial charge >= 0.3 is 0 Å². The molecule has 0 aliphatic carbocycles. The molecule has 0 aliphatic rings. The summed E-state index contributed by atoms with van der Waals surface area (Å²) in [5.74, 6) is 1.73. The Hall–Kier alpha value is -1.91. The van der Waals surface area contributed by atoms with Gasteiger partial charge in [-0.15, -0.1) is 5.10 Å². The van der Waals surface area contributed by atoms with Crippen LogP contribution in [-0.4, -0.2) is 26.8 Å². The Bertz CT molecular complexity index is 464. The smallest absolute Gasteiger partial charge is 0.156 e. The van der Waals surface area contributed by atoms with Crippen molar-refractivity contribution in [2.75, 3.05) is 6.61 Å². The summed E-state index contributed by atoms with van der Waals surface area (Å²) >= 11 is 0. The fourth-order valence-electron chi connectivity index (χ4n) is 1.53. The highest BCUT2D eigenvalue weighted by Crippen LogP contribution is 2.15. The zero-order valence-corrected chi connectivity index (χ0v) is 10.1. The van der Waals surface area contributed by atoms with E-state index in [2.05, 4.69) is 22.4 Å². The van der Waals surface area contributed by atoms with E-state index in [-0.39, 0.29) is 0 Å². The minimum Gasteiger partial charge on any atom is -0.494 e. The highest BCUT2D eigenvalue weighted by Gasteiger charge is 2.05. The monoisotopic (exact) mass is 232 g/mol. The molecule has 1 aromatic heterocycles. The lowest BCUT2D eigenvalue weighted by Crippen LogP contribution is -2.02. The van der Waals surface area contributed by atoms with Gasteiger partial charge in [0.1, 0.15) is 5.75 Å². The average Bonchev–Trinajstić information content (AvgIpc) is 2.85. The van der Waals surface area contributed by atoms with E-state index < -0.39 is 0 Å². The molecule has 1 aromatic carbocycles. The van der Waals surface area contributed by atoms with Crippen LogP contribution in [-0.2, 0) is 6.42 Å². The number of benzene rings is 1. The first-order chi connectivity index (χ1) is 8.35. The summed E-state index contributed by atoms with van der Waals surface area (Å²) in [6.07, 6.45) is 1.82. The van der Waals surface area contributed by atoms with E-state index in [1.165, 1.54) is 0 Å². The SMILES string of the molecule is CCCOc1ccc(-n2nnnc2CC)cc1. The Labute approximate surface area is 100 Å². The second-order valence-electron chi connectivity index (χ2n) is 3.70. The summed E-state index contributed by atoms with van der Waals surface area (Å²) in [5.41, 5.74) is 0.954. The molecule has 2 aromatic rings. The van der Waals surface area contributed by atoms with Gasteiger partial charge in [-0.05, 0) is 41.1 Å². The van der Waals surface area contributed by atoms with E-state index in [1.54, 1.807) is 4.68 Å². The standard InChI is InChI=1S/C12H16N4O/c1-3-9-17-11-7-5-10(6-8-11)16-12(4-2)13-14-15-16/h5-8H,3-4,9H2,1-2H3. The van der Waals surface area contributed by atoms with Gasteiger partial charge < -0.3 is 4.74 Å². The normalized spacial score (nSPS) is 10.5. The number of ether oxygens (including phenoxy) is 1. The molecule has 17 heavy (non-hydrogen) atoms. The van der Waals surface area contributed by atoms with Gasteiger partial charge in [-0.25, -0.2) is 0 Å². The predicted octanol–water partition coefficient (Wildman–Crippen LogP) is 2.01. The van der Waals surface area contributed by atoms with Gasteiger partial charge in [-0.1, -0.05) is 13.8 Å². The third-order valence-electron chi connectivity index (χ3n) is 2.40. The van der Waals surface area contributed by atoms with Crippen LogP contribution in [0.1, 0.15) is 26.1 Å². The van der Waals surface area contributed by atoms with Crippen LogP contribution in [0.2, 0.25) is 0 Å². The Morgan fingerprint density at radius 3 is 2.59 bits per heavy atom. The highest BCUT2D eigenvalue weighted by atomic mass is 16.5. The van der Waals surface area contributed by atoms with Crippen LogP contribution in [0.4, 0.5) is 0 Å². The molecule has 0 N–H and O–H groups in total. The lowest BCUT2D eigenvalue weighted by molar-refractivity contribution is 0.317. The number of aryl methyl sites for hydroxylation is 1. The molecule has 0 unspecified atom stereocenters. The maximum absolute atomic E-state index is 5.52. The Morgan fingerprint density at radius 1 is 1.18 bits per heavy atom. The fraction of sp³-hybridized carbons (Fsp3) is 0.417. The van der Waals surface area contributed by atoms with E-state index >= 15 is 0 Å². The molecule has 1 heterocycles. The van der Waals surface area contributed by atoms with Crippen molar-refractivity contribution in [1.29, 1.82) is 0 Å². The lowest BCUT2D eigenvalue weighted by Gasteiger charge is -2.06. The molecule has 90 valence electrons. The molecular formula is C12H16N4O. The molecule has 5 heteroatoms. The van der Waals surface area contributed by atoms with E-state index in [0.717, 1.165) is 36.7 Å². The van der Waals surface area contributed by atoms with Crippen LogP contribution in [0, 0.1) is 0 Å². The van der Waals surface area contributed by atoms with Gasteiger partial charge in [0, 0.05) is 6.42 Å². The topological polar surface area (TPSA) is 52.8 Å². The summed E-state index contributed by atoms with van der Waals surface area (Å²) in [5, 5.41) is 11.6. The van der Waals surface area contributed by atoms with E-state index in [1.807, 2.05) is 31.2 Å². The lowest BCUT2D eigenvalue weighted by atomic mass is 10.3. The number of rotatable bonds is 5. The molecule has 0 atom stereocenters. The van der Waals surface area contributed by atoms with Crippen LogP contribution in [0.5, 0.6) is 5.75 Å². The molecule has 5 nitrogen and oxygen atoms in total. The van der Waals surface area contributed by atoms with Crippen LogP contribution >= 0.6 is 0 Å². The first-order valence-electron chi connectivity index (χ1n) is 5.85. The van der Waals surface area contributed by atoms with Crippen molar-refractivity contribution in [3.8, 4) is 11.4 Å². The van der Waals surface area contributed by atoms with E-state index in [9.17, 15) is 0 Å². The Kier molecular flexibility index (Phi) is 3.69. The Morgan fingerprint density at radius 2 is 1.94 bits per heavy atom. The number of aromatic nitrogens is 4. The van der Waals surface area contributed by atoms with Crippen molar-refractivity contribution in [3.63, 3.8) is 0 Å². The molecule has 0 bridgehead atoms. The maximum atomic E-state index is 5.52. The number of hydrogen-bond acceptors (Lipinski definition) is 4. The molecule has 0 aliphatic heterocycles. The zero-order valence-electron chi connectivity index (χ0n) is 10.1. The molecule has 0 saturated heterocycles. The molecule has 2 rings (SSSR count). The van der Waals surface area contributed by atoms with Crippen LogP contribution < -0.4 is 4.74 Å². The first-order valence-corrected chi connectivity index (χ1v) is 5.85. The van der Waals surface area contributed by atoms with Crippen molar-refractivity contribution in [2.45, 2.75) is 26.7 Å². The van der Waals surface area contributed by atoms with Crippen LogP contribution in [0.25, 0.3) is 5.69 Å². The zero-order chi connectivity index (χ0) is 12.1. The predicted molar refractivity (Wildman–Crippen MR) is 64.3 cm³/mol. The number of hydrogen-bond donors (Lipinski definition) is 0. The number of tetrazole rings is 1. The van der Waals surface area contributed by atoms with Crippen molar-refractivity contribution >= 4 is 0 Å². The molecule has 0 amide bonds. The van der Waals surface area contributed by atoms with Gasteiger partial charge in [-0.3, -0.25) is 0 Å². The highest BCUT2D eigenvalue weighted by molar-refractivity contribution is 5.36. The quantitative estimate of drug-likeness (QED) is 0.791. The molecule has 0 spiro atoms. The van der Waals surface area contributed by atoms with Crippen molar-refractivity contribution < 1.29 is 4.74 Å². The van der Waals surface area contributed by atoms with Crippen LogP contribution in [0.3, 0.4) is 0 Å². The summed E-state index contributed by atoms with van der Waals surface area (Å²) in [6, 6.07) is 7.79. The fourth-order valence-corrected chi connectivity index (χ4v) is 1.53. The maximum Gasteiger partial charge on any atom is 0.156 e. The summed E-state index contributed by atoms with van der Waals surface area (Å²) in [6.45, 7) is 4.86. The van der Waals surface area contributed by atoms with Gasteiger partial charge in [0.25, 0.3) is 0 Å². The third-order valence-corrected chi connectivity index (χ3v) is 2.40. The van der Waals surface area contributed by atoms with Gasteiger partial charge in [0.2, 0.25) is 0 Å². The van der Waals surface area contributed by atoms with Gasteiger partial charge in [0.15, 0.2) is 5.82 Å². The van der Waals surface area contributed by atoms with Crippen LogP contribution in [0.15, 0.2) is 24.3 Å². The van der Waals surface area contributed by atoms with E-state index in [4.69, 9.17) is 4.74 Å². The van der Waals surface area contributed by atoms with Gasteiger partial charge in [0.05, 0.1) is 12.3 Å². The Balaban J connectivity index is 2.17. The largest absolute Gasteiger partial charge is 0.494 e. The third kappa shape index (κ3) is 2.61. The molecule has 0 radical (unpaired) electrons. The van der Waals surface area contributed by atoms with Crippen molar-refractivity contribution in [2.24, 2.45) is 0 Å². The van der Waals surface area contributed by atoms with Crippen molar-refractivity contribution in [1.82, 2.24) is 20.2 Å². The summed E-state index contributed by atoms with van der Waals surface area (Å²) in [4.78, 5) is 0. The minimum absolute atomic E-state index is 0.741. The second-order valence-corrected chi connectivity index (χ2v) is 3.70. The molecule has 0 saturated carbocycles. The molecular weight excluding hydrogens is 216 g/mol. The average molecular weight is 232 g/mol. The minimum atomic E-state index is 0.741. The molecule has 0 fully saturated rings. The van der Waals surface area contributed by atoms with Gasteiger partial charge in [-0.2, -0.15) is 4.68 Å². The van der Waals surface area contributed by atoms with Crippen molar-refractivity contribution in [3.05, 3.63) is 30.1 Å². The first kappa shape index (κ1) is 11.6. The summed E-state index contributed by atoms with van der Waals surface area (Å²) in [7, 11) is 0. The summed E-state index contributed by atoms with van der Waals surface area (Å²) < 4.78 is 7.26. The van der Waals surface area contributed by atoms with E-state index in [0.29, 0.717) is 0 Å².